The minimum absolute atomic E-state index is 0.0186. The number of amides is 2. The average molecular weight is 499 g/mol. The molecule has 1 heterocycles. The van der Waals surface area contributed by atoms with Crippen LogP contribution in [0.5, 0.6) is 0 Å². The number of hydrogen-bond acceptors (Lipinski definition) is 5. The first-order valence-electron chi connectivity index (χ1n) is 12.7. The summed E-state index contributed by atoms with van der Waals surface area (Å²) in [5, 5.41) is 2.89. The fourth-order valence-corrected chi connectivity index (χ4v) is 5.19. The summed E-state index contributed by atoms with van der Waals surface area (Å²) in [6, 6.07) is 23.2. The Morgan fingerprint density at radius 1 is 0.865 bits per heavy atom. The maximum absolute atomic E-state index is 12.9. The van der Waals surface area contributed by atoms with E-state index in [2.05, 4.69) is 29.6 Å². The van der Waals surface area contributed by atoms with Crippen molar-refractivity contribution in [2.45, 2.75) is 25.7 Å². The molecule has 0 atom stereocenters. The van der Waals surface area contributed by atoms with Gasteiger partial charge < -0.3 is 19.7 Å². The first kappa shape index (κ1) is 24.6. The molecule has 7 heteroatoms. The monoisotopic (exact) mass is 498 g/mol. The van der Waals surface area contributed by atoms with Crippen molar-refractivity contribution in [2.24, 2.45) is 5.92 Å². The van der Waals surface area contributed by atoms with E-state index in [1.54, 1.807) is 36.1 Å². The van der Waals surface area contributed by atoms with Crippen LogP contribution in [-0.4, -0.2) is 49.2 Å². The molecule has 37 heavy (non-hydrogen) atoms. The number of fused-ring (bicyclic) bond motifs is 3. The van der Waals surface area contributed by atoms with E-state index in [4.69, 9.17) is 9.47 Å². The minimum atomic E-state index is -0.421. The van der Waals surface area contributed by atoms with Gasteiger partial charge in [-0.2, -0.15) is 0 Å². The minimum Gasteiger partial charge on any atom is -0.462 e. The smallest absolute Gasteiger partial charge is 0.409 e. The van der Waals surface area contributed by atoms with E-state index < -0.39 is 5.97 Å². The molecule has 0 bridgehead atoms. The Morgan fingerprint density at radius 2 is 1.51 bits per heavy atom. The molecule has 1 N–H and O–H groups in total. The Morgan fingerprint density at radius 3 is 2.16 bits per heavy atom. The van der Waals surface area contributed by atoms with Crippen molar-refractivity contribution < 1.29 is 23.9 Å². The molecule has 0 radical (unpaired) electrons. The zero-order chi connectivity index (χ0) is 25.8. The van der Waals surface area contributed by atoms with Crippen LogP contribution in [0.15, 0.2) is 72.8 Å². The van der Waals surface area contributed by atoms with Crippen molar-refractivity contribution in [1.82, 2.24) is 4.90 Å². The van der Waals surface area contributed by atoms with Crippen LogP contribution in [0.4, 0.5) is 10.5 Å². The standard InChI is InChI=1S/C30H30N2O5/c1-2-36-29(34)21-8-7-9-22(18-21)31-28(33)20-14-16-32(17-15-20)30(35)37-19-27-25-12-5-3-10-23(25)24-11-4-6-13-26(24)27/h3-13,18,20,27H,2,14-17,19H2,1H3,(H,31,33). The summed E-state index contributed by atoms with van der Waals surface area (Å²) in [7, 11) is 0. The molecule has 190 valence electrons. The van der Waals surface area contributed by atoms with Gasteiger partial charge in [0.05, 0.1) is 12.2 Å². The molecule has 0 saturated carbocycles. The van der Waals surface area contributed by atoms with E-state index in [9.17, 15) is 14.4 Å². The third-order valence-corrected chi connectivity index (χ3v) is 7.10. The number of rotatable bonds is 6. The Labute approximate surface area is 216 Å². The number of likely N-dealkylation sites (tertiary alicyclic amines) is 1. The van der Waals surface area contributed by atoms with Gasteiger partial charge in [0.1, 0.15) is 6.61 Å². The molecular formula is C30H30N2O5. The SMILES string of the molecule is CCOC(=O)c1cccc(NC(=O)C2CCN(C(=O)OCC3c4ccccc4-c4ccccc43)CC2)c1. The van der Waals surface area contributed by atoms with Gasteiger partial charge in [-0.15, -0.1) is 0 Å². The Balaban J connectivity index is 1.14. The predicted molar refractivity (Wildman–Crippen MR) is 140 cm³/mol. The first-order valence-corrected chi connectivity index (χ1v) is 12.7. The average Bonchev–Trinajstić information content (AvgIpc) is 3.25. The van der Waals surface area contributed by atoms with Crippen molar-refractivity contribution in [2.75, 3.05) is 31.6 Å². The fourth-order valence-electron chi connectivity index (χ4n) is 5.19. The van der Waals surface area contributed by atoms with E-state index in [1.807, 2.05) is 24.3 Å². The van der Waals surface area contributed by atoms with Gasteiger partial charge in [0, 0.05) is 30.6 Å². The van der Waals surface area contributed by atoms with E-state index in [0.717, 1.165) is 0 Å². The van der Waals surface area contributed by atoms with E-state index in [0.29, 0.717) is 37.2 Å². The summed E-state index contributed by atoms with van der Waals surface area (Å²) in [4.78, 5) is 39.3. The highest BCUT2D eigenvalue weighted by Gasteiger charge is 2.31. The molecule has 0 spiro atoms. The topological polar surface area (TPSA) is 84.9 Å². The zero-order valence-electron chi connectivity index (χ0n) is 20.8. The second-order valence-corrected chi connectivity index (χ2v) is 9.36. The number of esters is 1. The second kappa shape index (κ2) is 10.9. The van der Waals surface area contributed by atoms with Crippen molar-refractivity contribution >= 4 is 23.7 Å². The third-order valence-electron chi connectivity index (χ3n) is 7.10. The Hall–Kier alpha value is -4.13. The summed E-state index contributed by atoms with van der Waals surface area (Å²) < 4.78 is 10.8. The molecule has 3 aromatic carbocycles. The number of anilines is 1. The van der Waals surface area contributed by atoms with Crippen LogP contribution in [0.3, 0.4) is 0 Å². The van der Waals surface area contributed by atoms with Crippen molar-refractivity contribution in [3.8, 4) is 11.1 Å². The molecule has 2 aliphatic rings. The van der Waals surface area contributed by atoms with Crippen LogP contribution < -0.4 is 5.32 Å². The lowest BCUT2D eigenvalue weighted by molar-refractivity contribution is -0.121. The van der Waals surface area contributed by atoms with Crippen molar-refractivity contribution in [1.29, 1.82) is 0 Å². The Bertz CT molecular complexity index is 1270. The molecule has 1 saturated heterocycles. The van der Waals surface area contributed by atoms with Crippen LogP contribution in [0.2, 0.25) is 0 Å². The number of piperidine rings is 1. The number of ether oxygens (including phenoxy) is 2. The lowest BCUT2D eigenvalue weighted by atomic mass is 9.96. The molecule has 0 aromatic heterocycles. The predicted octanol–water partition coefficient (Wildman–Crippen LogP) is 5.46. The number of carbonyl (C=O) groups is 3. The number of nitrogens with zero attached hydrogens (tertiary/aromatic N) is 1. The maximum Gasteiger partial charge on any atom is 0.409 e. The lowest BCUT2D eigenvalue weighted by Crippen LogP contribution is -2.42. The maximum atomic E-state index is 12.9. The fraction of sp³-hybridized carbons (Fsp3) is 0.300. The molecule has 1 aliphatic heterocycles. The van der Waals surface area contributed by atoms with Gasteiger partial charge in [0.15, 0.2) is 0 Å². The van der Waals surface area contributed by atoms with Gasteiger partial charge in [0.25, 0.3) is 0 Å². The highest BCUT2D eigenvalue weighted by molar-refractivity contribution is 5.95. The number of benzene rings is 3. The highest BCUT2D eigenvalue weighted by atomic mass is 16.6. The third kappa shape index (κ3) is 5.21. The van der Waals surface area contributed by atoms with Gasteiger partial charge in [0.2, 0.25) is 5.91 Å². The van der Waals surface area contributed by atoms with E-state index in [1.165, 1.54) is 22.3 Å². The lowest BCUT2D eigenvalue weighted by Gasteiger charge is -2.31. The highest BCUT2D eigenvalue weighted by Crippen LogP contribution is 2.44. The number of hydrogen-bond donors (Lipinski definition) is 1. The van der Waals surface area contributed by atoms with Crippen LogP contribution in [0.1, 0.15) is 47.2 Å². The molecule has 1 fully saturated rings. The first-order chi connectivity index (χ1) is 18.0. The van der Waals surface area contributed by atoms with Crippen LogP contribution >= 0.6 is 0 Å². The zero-order valence-corrected chi connectivity index (χ0v) is 20.8. The van der Waals surface area contributed by atoms with Gasteiger partial charge in [-0.25, -0.2) is 9.59 Å². The van der Waals surface area contributed by atoms with Gasteiger partial charge in [-0.3, -0.25) is 4.79 Å². The van der Waals surface area contributed by atoms with Gasteiger partial charge in [-0.1, -0.05) is 54.6 Å². The van der Waals surface area contributed by atoms with Crippen molar-refractivity contribution in [3.63, 3.8) is 0 Å². The molecule has 0 unspecified atom stereocenters. The molecular weight excluding hydrogens is 468 g/mol. The van der Waals surface area contributed by atoms with Gasteiger partial charge in [-0.05, 0) is 60.2 Å². The normalized spacial score (nSPS) is 15.0. The molecule has 2 amide bonds. The summed E-state index contributed by atoms with van der Waals surface area (Å²) >= 11 is 0. The van der Waals surface area contributed by atoms with E-state index in [-0.39, 0.29) is 37.0 Å². The second-order valence-electron chi connectivity index (χ2n) is 9.36. The summed E-state index contributed by atoms with van der Waals surface area (Å²) in [5.41, 5.74) is 5.69. The summed E-state index contributed by atoms with van der Waals surface area (Å²) in [6.45, 7) is 3.23. The molecule has 1 aliphatic carbocycles. The van der Waals surface area contributed by atoms with Crippen molar-refractivity contribution in [3.05, 3.63) is 89.5 Å². The Kier molecular flexibility index (Phi) is 7.21. The number of carbonyl (C=O) groups excluding carboxylic acids is 3. The molecule has 3 aromatic rings. The van der Waals surface area contributed by atoms with Gasteiger partial charge >= 0.3 is 12.1 Å². The van der Waals surface area contributed by atoms with Crippen LogP contribution in [0, 0.1) is 5.92 Å². The van der Waals surface area contributed by atoms with E-state index >= 15 is 0 Å². The summed E-state index contributed by atoms with van der Waals surface area (Å²) in [5.74, 6) is -0.739. The molecule has 7 nitrogen and oxygen atoms in total. The largest absolute Gasteiger partial charge is 0.462 e. The van der Waals surface area contributed by atoms with Crippen LogP contribution in [-0.2, 0) is 14.3 Å². The van der Waals surface area contributed by atoms with Crippen LogP contribution in [0.25, 0.3) is 11.1 Å². The summed E-state index contributed by atoms with van der Waals surface area (Å²) in [6.07, 6.45) is 0.754. The molecule has 5 rings (SSSR count). The number of nitrogens with one attached hydrogen (secondary N) is 1. The quantitative estimate of drug-likeness (QED) is 0.456.